The lowest BCUT2D eigenvalue weighted by molar-refractivity contribution is -0.142. The average molecular weight is 215 g/mol. The van der Waals surface area contributed by atoms with Crippen molar-refractivity contribution in [2.45, 2.75) is 13.5 Å². The second-order valence-corrected chi connectivity index (χ2v) is 3.17. The van der Waals surface area contributed by atoms with Gasteiger partial charge in [0, 0.05) is 17.5 Å². The van der Waals surface area contributed by atoms with Crippen molar-refractivity contribution in [3.8, 4) is 5.75 Å². The highest BCUT2D eigenvalue weighted by Crippen LogP contribution is 2.23. The standard InChI is InChI=1S/C10H11ClO3/c1-7(12)14-6-8-5-9(11)3-4-10(8)13-2/h3-5H,6H2,1-2H3. The summed E-state index contributed by atoms with van der Waals surface area (Å²) in [5, 5.41) is 0.591. The predicted octanol–water partition coefficient (Wildman–Crippen LogP) is 2.41. The summed E-state index contributed by atoms with van der Waals surface area (Å²) in [6.45, 7) is 1.54. The number of carbonyl (C=O) groups is 1. The first kappa shape index (κ1) is 10.9. The minimum atomic E-state index is -0.327. The molecule has 0 amide bonds. The van der Waals surface area contributed by atoms with Crippen molar-refractivity contribution in [3.63, 3.8) is 0 Å². The van der Waals surface area contributed by atoms with Crippen LogP contribution in [0.5, 0.6) is 5.75 Å². The Hall–Kier alpha value is -1.22. The van der Waals surface area contributed by atoms with Crippen LogP contribution in [-0.4, -0.2) is 13.1 Å². The van der Waals surface area contributed by atoms with Crippen molar-refractivity contribution in [2.75, 3.05) is 7.11 Å². The summed E-state index contributed by atoms with van der Waals surface area (Å²) in [5.41, 5.74) is 0.759. The first-order chi connectivity index (χ1) is 6.63. The number of methoxy groups -OCH3 is 1. The number of rotatable bonds is 3. The quantitative estimate of drug-likeness (QED) is 0.725. The molecule has 0 aliphatic rings. The summed E-state index contributed by atoms with van der Waals surface area (Å²) in [6.07, 6.45) is 0. The van der Waals surface area contributed by atoms with Crippen LogP contribution in [0, 0.1) is 0 Å². The number of hydrogen-bond donors (Lipinski definition) is 0. The Bertz CT molecular complexity index is 336. The SMILES string of the molecule is COc1ccc(Cl)cc1COC(C)=O. The molecular formula is C10H11ClO3. The highest BCUT2D eigenvalue weighted by Gasteiger charge is 2.05. The third-order valence-electron chi connectivity index (χ3n) is 1.67. The van der Waals surface area contributed by atoms with E-state index in [0.29, 0.717) is 10.8 Å². The van der Waals surface area contributed by atoms with Crippen LogP contribution < -0.4 is 4.74 Å². The lowest BCUT2D eigenvalue weighted by Gasteiger charge is -2.08. The highest BCUT2D eigenvalue weighted by atomic mass is 35.5. The first-order valence-corrected chi connectivity index (χ1v) is 4.47. The molecule has 0 radical (unpaired) electrons. The van der Waals surface area contributed by atoms with Crippen LogP contribution in [0.4, 0.5) is 0 Å². The lowest BCUT2D eigenvalue weighted by atomic mass is 10.2. The summed E-state index contributed by atoms with van der Waals surface area (Å²) in [6, 6.07) is 5.17. The van der Waals surface area contributed by atoms with Gasteiger partial charge in [-0.05, 0) is 18.2 Å². The van der Waals surface area contributed by atoms with Gasteiger partial charge in [0.2, 0.25) is 0 Å². The molecule has 1 rings (SSSR count). The molecule has 0 aliphatic heterocycles. The van der Waals surface area contributed by atoms with E-state index in [1.807, 2.05) is 0 Å². The maximum Gasteiger partial charge on any atom is 0.302 e. The molecule has 3 nitrogen and oxygen atoms in total. The van der Waals surface area contributed by atoms with Crippen LogP contribution >= 0.6 is 11.6 Å². The topological polar surface area (TPSA) is 35.5 Å². The minimum absolute atomic E-state index is 0.180. The van der Waals surface area contributed by atoms with Crippen molar-refractivity contribution in [1.29, 1.82) is 0 Å². The van der Waals surface area contributed by atoms with Gasteiger partial charge < -0.3 is 9.47 Å². The molecule has 0 bridgehead atoms. The fourth-order valence-electron chi connectivity index (χ4n) is 1.04. The molecule has 0 heterocycles. The van der Waals surface area contributed by atoms with E-state index in [-0.39, 0.29) is 12.6 Å². The third-order valence-corrected chi connectivity index (χ3v) is 1.91. The lowest BCUT2D eigenvalue weighted by Crippen LogP contribution is -2.00. The van der Waals surface area contributed by atoms with Crippen LogP contribution in [0.3, 0.4) is 0 Å². The molecule has 1 aromatic rings. The van der Waals surface area contributed by atoms with E-state index < -0.39 is 0 Å². The Morgan fingerprint density at radius 1 is 1.50 bits per heavy atom. The smallest absolute Gasteiger partial charge is 0.302 e. The molecule has 76 valence electrons. The van der Waals surface area contributed by atoms with Crippen molar-refractivity contribution in [2.24, 2.45) is 0 Å². The molecule has 0 aliphatic carbocycles. The maximum atomic E-state index is 10.6. The molecule has 0 atom stereocenters. The van der Waals surface area contributed by atoms with E-state index in [9.17, 15) is 4.79 Å². The van der Waals surface area contributed by atoms with Crippen LogP contribution in [0.15, 0.2) is 18.2 Å². The van der Waals surface area contributed by atoms with Crippen molar-refractivity contribution >= 4 is 17.6 Å². The molecule has 0 aromatic heterocycles. The Balaban J connectivity index is 2.82. The maximum absolute atomic E-state index is 10.6. The van der Waals surface area contributed by atoms with Gasteiger partial charge in [-0.2, -0.15) is 0 Å². The third kappa shape index (κ3) is 2.92. The molecule has 4 heteroatoms. The number of benzene rings is 1. The van der Waals surface area contributed by atoms with Crippen molar-refractivity contribution in [1.82, 2.24) is 0 Å². The van der Waals surface area contributed by atoms with Gasteiger partial charge >= 0.3 is 5.97 Å². The van der Waals surface area contributed by atoms with Gasteiger partial charge in [-0.1, -0.05) is 11.6 Å². The summed E-state index contributed by atoms with van der Waals surface area (Å²) in [5.74, 6) is 0.336. The van der Waals surface area contributed by atoms with Gasteiger partial charge in [0.05, 0.1) is 7.11 Å². The van der Waals surface area contributed by atoms with Gasteiger partial charge in [-0.25, -0.2) is 0 Å². The summed E-state index contributed by atoms with van der Waals surface area (Å²) < 4.78 is 9.93. The molecule has 0 saturated carbocycles. The first-order valence-electron chi connectivity index (χ1n) is 4.09. The van der Waals surface area contributed by atoms with Crippen LogP contribution in [0.2, 0.25) is 5.02 Å². The van der Waals surface area contributed by atoms with Gasteiger partial charge in [0.15, 0.2) is 0 Å². The number of carbonyl (C=O) groups excluding carboxylic acids is 1. The largest absolute Gasteiger partial charge is 0.496 e. The van der Waals surface area contributed by atoms with E-state index in [4.69, 9.17) is 21.1 Å². The Labute approximate surface area is 87.6 Å². The molecule has 0 unspecified atom stereocenters. The van der Waals surface area contributed by atoms with E-state index in [2.05, 4.69) is 0 Å². The zero-order chi connectivity index (χ0) is 10.6. The van der Waals surface area contributed by atoms with Crippen LogP contribution in [0.25, 0.3) is 0 Å². The van der Waals surface area contributed by atoms with Crippen molar-refractivity contribution in [3.05, 3.63) is 28.8 Å². The minimum Gasteiger partial charge on any atom is -0.496 e. The molecule has 14 heavy (non-hydrogen) atoms. The predicted molar refractivity (Wildman–Crippen MR) is 53.5 cm³/mol. The molecule has 0 saturated heterocycles. The van der Waals surface area contributed by atoms with Gasteiger partial charge in [0.1, 0.15) is 12.4 Å². The highest BCUT2D eigenvalue weighted by molar-refractivity contribution is 6.30. The number of esters is 1. The zero-order valence-electron chi connectivity index (χ0n) is 8.04. The number of hydrogen-bond acceptors (Lipinski definition) is 3. The van der Waals surface area contributed by atoms with Gasteiger partial charge in [-0.3, -0.25) is 4.79 Å². The molecule has 0 fully saturated rings. The van der Waals surface area contributed by atoms with E-state index in [1.165, 1.54) is 6.92 Å². The summed E-state index contributed by atoms with van der Waals surface area (Å²) in [4.78, 5) is 10.6. The second kappa shape index (κ2) is 4.86. The Kier molecular flexibility index (Phi) is 3.77. The average Bonchev–Trinajstić information content (AvgIpc) is 2.15. The Morgan fingerprint density at radius 2 is 2.21 bits per heavy atom. The Morgan fingerprint density at radius 3 is 2.79 bits per heavy atom. The van der Waals surface area contributed by atoms with Crippen molar-refractivity contribution < 1.29 is 14.3 Å². The van der Waals surface area contributed by atoms with Gasteiger partial charge in [-0.15, -0.1) is 0 Å². The fourth-order valence-corrected chi connectivity index (χ4v) is 1.23. The number of ether oxygens (including phenoxy) is 2. The molecular weight excluding hydrogens is 204 g/mol. The normalized spacial score (nSPS) is 9.64. The molecule has 1 aromatic carbocycles. The monoisotopic (exact) mass is 214 g/mol. The van der Waals surface area contributed by atoms with Gasteiger partial charge in [0.25, 0.3) is 0 Å². The van der Waals surface area contributed by atoms with E-state index in [0.717, 1.165) is 5.56 Å². The number of halogens is 1. The zero-order valence-corrected chi connectivity index (χ0v) is 8.80. The summed E-state index contributed by atoms with van der Waals surface area (Å²) in [7, 11) is 1.56. The van der Waals surface area contributed by atoms with Crippen LogP contribution in [-0.2, 0) is 16.1 Å². The van der Waals surface area contributed by atoms with Crippen LogP contribution in [0.1, 0.15) is 12.5 Å². The molecule has 0 N–H and O–H groups in total. The molecule has 0 spiro atoms. The van der Waals surface area contributed by atoms with E-state index >= 15 is 0 Å². The fraction of sp³-hybridized carbons (Fsp3) is 0.300. The van der Waals surface area contributed by atoms with E-state index in [1.54, 1.807) is 25.3 Å². The summed E-state index contributed by atoms with van der Waals surface area (Å²) >= 11 is 5.79. The second-order valence-electron chi connectivity index (χ2n) is 2.74.